The average Bonchev–Trinajstić information content (AvgIpc) is 3.09. The standard InChI is InChI=1S/C17H14BrN3O3S/c1-23-13-8-7-10(9-14(13)24-2)15-19-17(25-21-15)20-16(22)11-5-3-4-6-12(11)18/h3-9H,1-2H3,(H,19,20,21,22). The minimum Gasteiger partial charge on any atom is -0.493 e. The molecule has 3 aromatic rings. The maximum absolute atomic E-state index is 12.3. The van der Waals surface area contributed by atoms with Gasteiger partial charge in [-0.05, 0) is 46.3 Å². The molecule has 1 amide bonds. The van der Waals surface area contributed by atoms with Crippen LogP contribution in [0.4, 0.5) is 5.13 Å². The number of nitrogens with one attached hydrogen (secondary N) is 1. The number of carbonyl (C=O) groups excluding carboxylic acids is 1. The van der Waals surface area contributed by atoms with E-state index in [1.807, 2.05) is 18.2 Å². The fraction of sp³-hybridized carbons (Fsp3) is 0.118. The van der Waals surface area contributed by atoms with E-state index in [1.54, 1.807) is 38.5 Å². The third kappa shape index (κ3) is 3.80. The number of carbonyl (C=O) groups is 1. The number of benzene rings is 2. The number of amides is 1. The molecule has 0 bridgehead atoms. The molecule has 2 aromatic carbocycles. The Morgan fingerprint density at radius 3 is 2.60 bits per heavy atom. The van der Waals surface area contributed by atoms with E-state index in [1.165, 1.54) is 0 Å². The van der Waals surface area contributed by atoms with Crippen molar-refractivity contribution in [2.24, 2.45) is 0 Å². The van der Waals surface area contributed by atoms with Crippen molar-refractivity contribution in [2.45, 2.75) is 0 Å². The quantitative estimate of drug-likeness (QED) is 0.669. The van der Waals surface area contributed by atoms with Crippen LogP contribution in [0.25, 0.3) is 11.4 Å². The van der Waals surface area contributed by atoms with Crippen LogP contribution in [0.2, 0.25) is 0 Å². The van der Waals surface area contributed by atoms with Gasteiger partial charge in [0.15, 0.2) is 17.3 Å². The first-order valence-electron chi connectivity index (χ1n) is 7.24. The van der Waals surface area contributed by atoms with E-state index >= 15 is 0 Å². The van der Waals surface area contributed by atoms with Crippen LogP contribution in [-0.4, -0.2) is 29.5 Å². The lowest BCUT2D eigenvalue weighted by molar-refractivity contribution is 0.102. The van der Waals surface area contributed by atoms with E-state index in [4.69, 9.17) is 9.47 Å². The maximum Gasteiger partial charge on any atom is 0.258 e. The number of rotatable bonds is 5. The number of aromatic nitrogens is 2. The Balaban J connectivity index is 1.81. The number of nitrogens with zero attached hydrogens (tertiary/aromatic N) is 2. The van der Waals surface area contributed by atoms with Gasteiger partial charge in [0.1, 0.15) is 0 Å². The minimum absolute atomic E-state index is 0.248. The highest BCUT2D eigenvalue weighted by atomic mass is 79.9. The molecule has 0 aliphatic heterocycles. The molecule has 0 fully saturated rings. The van der Waals surface area contributed by atoms with E-state index in [0.717, 1.165) is 21.6 Å². The summed E-state index contributed by atoms with van der Waals surface area (Å²) < 4.78 is 15.5. The summed E-state index contributed by atoms with van der Waals surface area (Å²) in [5.74, 6) is 1.48. The van der Waals surface area contributed by atoms with Crippen LogP contribution in [-0.2, 0) is 0 Å². The maximum atomic E-state index is 12.3. The van der Waals surface area contributed by atoms with E-state index in [-0.39, 0.29) is 5.91 Å². The molecule has 0 unspecified atom stereocenters. The first-order valence-corrected chi connectivity index (χ1v) is 8.81. The summed E-state index contributed by atoms with van der Waals surface area (Å²) in [7, 11) is 3.15. The monoisotopic (exact) mass is 419 g/mol. The summed E-state index contributed by atoms with van der Waals surface area (Å²) in [6.45, 7) is 0. The van der Waals surface area contributed by atoms with Gasteiger partial charge in [-0.25, -0.2) is 0 Å². The van der Waals surface area contributed by atoms with Crippen molar-refractivity contribution in [1.82, 2.24) is 9.36 Å². The van der Waals surface area contributed by atoms with E-state index in [0.29, 0.717) is 28.0 Å². The molecule has 1 aromatic heterocycles. The molecule has 0 atom stereocenters. The summed E-state index contributed by atoms with van der Waals surface area (Å²) in [5.41, 5.74) is 1.31. The van der Waals surface area contributed by atoms with Crippen molar-refractivity contribution in [1.29, 1.82) is 0 Å². The van der Waals surface area contributed by atoms with Gasteiger partial charge in [0.2, 0.25) is 5.13 Å². The van der Waals surface area contributed by atoms with Gasteiger partial charge < -0.3 is 9.47 Å². The molecule has 128 valence electrons. The molecule has 25 heavy (non-hydrogen) atoms. The van der Waals surface area contributed by atoms with Gasteiger partial charge in [0.05, 0.1) is 19.8 Å². The van der Waals surface area contributed by atoms with Crippen LogP contribution < -0.4 is 14.8 Å². The topological polar surface area (TPSA) is 73.3 Å². The molecule has 8 heteroatoms. The Kier molecular flexibility index (Phi) is 5.30. The van der Waals surface area contributed by atoms with Crippen LogP contribution in [0.1, 0.15) is 10.4 Å². The number of ether oxygens (including phenoxy) is 2. The van der Waals surface area contributed by atoms with Crippen molar-refractivity contribution in [3.8, 4) is 22.9 Å². The van der Waals surface area contributed by atoms with Gasteiger partial charge in [-0.1, -0.05) is 12.1 Å². The van der Waals surface area contributed by atoms with E-state index in [9.17, 15) is 4.79 Å². The van der Waals surface area contributed by atoms with Gasteiger partial charge in [0.25, 0.3) is 5.91 Å². The molecule has 0 aliphatic carbocycles. The lowest BCUT2D eigenvalue weighted by Crippen LogP contribution is -2.12. The SMILES string of the molecule is COc1ccc(-c2nsc(NC(=O)c3ccccc3Br)n2)cc1OC. The van der Waals surface area contributed by atoms with Crippen LogP contribution in [0.15, 0.2) is 46.9 Å². The zero-order valence-electron chi connectivity index (χ0n) is 13.4. The Hall–Kier alpha value is -2.45. The van der Waals surface area contributed by atoms with Crippen LogP contribution in [0, 0.1) is 0 Å². The smallest absolute Gasteiger partial charge is 0.258 e. The normalized spacial score (nSPS) is 10.4. The Morgan fingerprint density at radius 2 is 1.88 bits per heavy atom. The number of anilines is 1. The zero-order chi connectivity index (χ0) is 17.8. The molecule has 0 saturated heterocycles. The van der Waals surface area contributed by atoms with E-state index < -0.39 is 0 Å². The third-order valence-corrected chi connectivity index (χ3v) is 4.73. The molecule has 0 saturated carbocycles. The molecule has 1 heterocycles. The highest BCUT2D eigenvalue weighted by Crippen LogP contribution is 2.32. The molecule has 3 rings (SSSR count). The molecular formula is C17H14BrN3O3S. The highest BCUT2D eigenvalue weighted by molar-refractivity contribution is 9.10. The largest absolute Gasteiger partial charge is 0.493 e. The Bertz CT molecular complexity index is 914. The highest BCUT2D eigenvalue weighted by Gasteiger charge is 2.14. The summed E-state index contributed by atoms with van der Waals surface area (Å²) in [5, 5.41) is 3.18. The Labute approximate surface area is 157 Å². The van der Waals surface area contributed by atoms with Crippen LogP contribution in [0.5, 0.6) is 11.5 Å². The molecule has 6 nitrogen and oxygen atoms in total. The van der Waals surface area contributed by atoms with Crippen molar-refractivity contribution < 1.29 is 14.3 Å². The van der Waals surface area contributed by atoms with Crippen molar-refractivity contribution in [3.05, 3.63) is 52.5 Å². The predicted molar refractivity (Wildman–Crippen MR) is 101 cm³/mol. The van der Waals surface area contributed by atoms with Gasteiger partial charge in [-0.2, -0.15) is 9.36 Å². The second-order valence-electron chi connectivity index (χ2n) is 4.93. The first kappa shape index (κ1) is 17.4. The molecule has 0 aliphatic rings. The average molecular weight is 420 g/mol. The van der Waals surface area contributed by atoms with Crippen molar-refractivity contribution in [3.63, 3.8) is 0 Å². The second kappa shape index (κ2) is 7.62. The van der Waals surface area contributed by atoms with Crippen molar-refractivity contribution >= 4 is 38.5 Å². The first-order chi connectivity index (χ1) is 12.1. The number of halogens is 1. The fourth-order valence-corrected chi connectivity index (χ4v) is 3.23. The lowest BCUT2D eigenvalue weighted by atomic mass is 10.2. The van der Waals surface area contributed by atoms with Gasteiger partial charge in [-0.3, -0.25) is 10.1 Å². The summed E-state index contributed by atoms with van der Waals surface area (Å²) in [6.07, 6.45) is 0. The van der Waals surface area contributed by atoms with Gasteiger partial charge in [0, 0.05) is 21.6 Å². The summed E-state index contributed by atoms with van der Waals surface area (Å²) in [4.78, 5) is 16.7. The number of hydrogen-bond acceptors (Lipinski definition) is 6. The zero-order valence-corrected chi connectivity index (χ0v) is 15.8. The van der Waals surface area contributed by atoms with Crippen molar-refractivity contribution in [2.75, 3.05) is 19.5 Å². The fourth-order valence-electron chi connectivity index (χ4n) is 2.18. The van der Waals surface area contributed by atoms with Crippen LogP contribution >= 0.6 is 27.5 Å². The third-order valence-electron chi connectivity index (χ3n) is 3.41. The molecule has 1 N–H and O–H groups in total. The molecule has 0 spiro atoms. The number of hydrogen-bond donors (Lipinski definition) is 1. The summed E-state index contributed by atoms with van der Waals surface area (Å²) >= 11 is 4.48. The van der Waals surface area contributed by atoms with Crippen LogP contribution in [0.3, 0.4) is 0 Å². The predicted octanol–water partition coefficient (Wildman–Crippen LogP) is 4.24. The minimum atomic E-state index is -0.248. The second-order valence-corrected chi connectivity index (χ2v) is 6.53. The van der Waals surface area contributed by atoms with Gasteiger partial charge in [-0.15, -0.1) is 0 Å². The molecular weight excluding hydrogens is 406 g/mol. The Morgan fingerprint density at radius 1 is 1.12 bits per heavy atom. The number of methoxy groups -OCH3 is 2. The summed E-state index contributed by atoms with van der Waals surface area (Å²) in [6, 6.07) is 12.6. The van der Waals surface area contributed by atoms with E-state index in [2.05, 4.69) is 30.6 Å². The van der Waals surface area contributed by atoms with Gasteiger partial charge >= 0.3 is 0 Å². The molecule has 0 radical (unpaired) electrons. The lowest BCUT2D eigenvalue weighted by Gasteiger charge is -2.07.